The first kappa shape index (κ1) is 14.3. The van der Waals surface area contributed by atoms with Crippen LogP contribution >= 0.6 is 11.8 Å². The van der Waals surface area contributed by atoms with Crippen molar-refractivity contribution in [1.29, 1.82) is 0 Å². The van der Waals surface area contributed by atoms with E-state index in [0.717, 1.165) is 24.5 Å². The first-order valence-electron chi connectivity index (χ1n) is 7.83. The van der Waals surface area contributed by atoms with Gasteiger partial charge in [-0.15, -0.1) is 0 Å². The molecule has 2 aliphatic heterocycles. The number of nitrogens with one attached hydrogen (secondary N) is 1. The lowest BCUT2D eigenvalue weighted by Gasteiger charge is -2.44. The molecule has 3 rings (SSSR count). The van der Waals surface area contributed by atoms with Crippen molar-refractivity contribution in [2.45, 2.75) is 51.2 Å². The van der Waals surface area contributed by atoms with Crippen LogP contribution in [0, 0.1) is 6.92 Å². The molecule has 0 aliphatic carbocycles. The molecule has 0 amide bonds. The Morgan fingerprint density at radius 3 is 3.10 bits per heavy atom. The smallest absolute Gasteiger partial charge is 0.124 e. The summed E-state index contributed by atoms with van der Waals surface area (Å²) in [4.78, 5) is 0. The van der Waals surface area contributed by atoms with E-state index >= 15 is 0 Å². The van der Waals surface area contributed by atoms with Gasteiger partial charge in [0.05, 0.1) is 0 Å². The van der Waals surface area contributed by atoms with Gasteiger partial charge in [0, 0.05) is 23.8 Å². The van der Waals surface area contributed by atoms with E-state index in [4.69, 9.17) is 4.74 Å². The third-order valence-electron chi connectivity index (χ3n) is 4.37. The molecule has 110 valence electrons. The van der Waals surface area contributed by atoms with Crippen LogP contribution in [0.25, 0.3) is 0 Å². The summed E-state index contributed by atoms with van der Waals surface area (Å²) >= 11 is 2.05. The van der Waals surface area contributed by atoms with E-state index in [2.05, 4.69) is 49.1 Å². The van der Waals surface area contributed by atoms with Crippen molar-refractivity contribution in [3.8, 4) is 5.75 Å². The predicted molar refractivity (Wildman–Crippen MR) is 86.7 cm³/mol. The lowest BCUT2D eigenvalue weighted by Crippen LogP contribution is -2.47. The SMILES string of the molecule is CCCNC1CC2(CCCSC2)Oc2ccc(C)cc21. The molecule has 2 heterocycles. The number of aryl methyl sites for hydroxylation is 1. The largest absolute Gasteiger partial charge is 0.486 e. The minimum absolute atomic E-state index is 0.0661. The minimum Gasteiger partial charge on any atom is -0.486 e. The van der Waals surface area contributed by atoms with Gasteiger partial charge >= 0.3 is 0 Å². The number of rotatable bonds is 3. The van der Waals surface area contributed by atoms with E-state index in [9.17, 15) is 0 Å². The zero-order chi connectivity index (χ0) is 14.0. The average Bonchev–Trinajstić information content (AvgIpc) is 2.46. The lowest BCUT2D eigenvalue weighted by atomic mass is 9.84. The average molecular weight is 291 g/mol. The molecular formula is C17H25NOS. The molecule has 1 saturated heterocycles. The molecule has 20 heavy (non-hydrogen) atoms. The second kappa shape index (κ2) is 5.98. The summed E-state index contributed by atoms with van der Waals surface area (Å²) in [5.74, 6) is 3.54. The maximum Gasteiger partial charge on any atom is 0.124 e. The van der Waals surface area contributed by atoms with E-state index < -0.39 is 0 Å². The van der Waals surface area contributed by atoms with E-state index in [1.807, 2.05) is 0 Å². The Morgan fingerprint density at radius 1 is 1.45 bits per heavy atom. The van der Waals surface area contributed by atoms with Crippen LogP contribution in [-0.4, -0.2) is 23.7 Å². The molecule has 2 unspecified atom stereocenters. The molecule has 1 aromatic carbocycles. The number of benzene rings is 1. The molecule has 1 fully saturated rings. The summed E-state index contributed by atoms with van der Waals surface area (Å²) < 4.78 is 6.46. The second-order valence-corrected chi connectivity index (χ2v) is 7.30. The monoisotopic (exact) mass is 291 g/mol. The van der Waals surface area contributed by atoms with E-state index in [0.29, 0.717) is 6.04 Å². The van der Waals surface area contributed by atoms with Gasteiger partial charge in [0.1, 0.15) is 11.4 Å². The summed E-state index contributed by atoms with van der Waals surface area (Å²) in [6.45, 7) is 5.48. The van der Waals surface area contributed by atoms with Crippen molar-refractivity contribution in [3.05, 3.63) is 29.3 Å². The molecule has 3 heteroatoms. The Kier molecular flexibility index (Phi) is 4.27. The highest BCUT2D eigenvalue weighted by Crippen LogP contribution is 2.45. The van der Waals surface area contributed by atoms with Crippen molar-refractivity contribution < 1.29 is 4.74 Å². The van der Waals surface area contributed by atoms with E-state index in [-0.39, 0.29) is 5.60 Å². The van der Waals surface area contributed by atoms with Crippen LogP contribution in [0.1, 0.15) is 49.8 Å². The van der Waals surface area contributed by atoms with E-state index in [1.54, 1.807) is 0 Å². The molecule has 1 spiro atoms. The highest BCUT2D eigenvalue weighted by atomic mass is 32.2. The first-order chi connectivity index (χ1) is 9.72. The molecule has 1 aromatic rings. The molecule has 0 aromatic heterocycles. The molecule has 2 nitrogen and oxygen atoms in total. The van der Waals surface area contributed by atoms with Gasteiger partial charge in [0.25, 0.3) is 0 Å². The second-order valence-electron chi connectivity index (χ2n) is 6.19. The van der Waals surface area contributed by atoms with Crippen LogP contribution in [0.5, 0.6) is 5.75 Å². The Bertz CT molecular complexity index is 468. The van der Waals surface area contributed by atoms with Gasteiger partial charge in [-0.2, -0.15) is 11.8 Å². The summed E-state index contributed by atoms with van der Waals surface area (Å²) in [7, 11) is 0. The molecule has 2 aliphatic rings. The van der Waals surface area contributed by atoms with Crippen LogP contribution in [0.15, 0.2) is 18.2 Å². The molecule has 0 bridgehead atoms. The summed E-state index contributed by atoms with van der Waals surface area (Å²) in [5, 5.41) is 3.74. The van der Waals surface area contributed by atoms with Crippen LogP contribution < -0.4 is 10.1 Å². The fourth-order valence-corrected chi connectivity index (χ4v) is 4.54. The highest BCUT2D eigenvalue weighted by Gasteiger charge is 2.41. The third-order valence-corrected chi connectivity index (χ3v) is 5.68. The van der Waals surface area contributed by atoms with Crippen LogP contribution in [0.4, 0.5) is 0 Å². The molecule has 0 radical (unpaired) electrons. The van der Waals surface area contributed by atoms with Gasteiger partial charge in [0.2, 0.25) is 0 Å². The van der Waals surface area contributed by atoms with Crippen molar-refractivity contribution in [3.63, 3.8) is 0 Å². The number of hydrogen-bond donors (Lipinski definition) is 1. The van der Waals surface area contributed by atoms with Gasteiger partial charge in [0.15, 0.2) is 0 Å². The zero-order valence-corrected chi connectivity index (χ0v) is 13.4. The lowest BCUT2D eigenvalue weighted by molar-refractivity contribution is 0.0413. The normalized spacial score (nSPS) is 29.0. The van der Waals surface area contributed by atoms with Gasteiger partial charge in [-0.1, -0.05) is 24.6 Å². The van der Waals surface area contributed by atoms with Gasteiger partial charge in [-0.25, -0.2) is 0 Å². The quantitative estimate of drug-likeness (QED) is 0.906. The van der Waals surface area contributed by atoms with Gasteiger partial charge in [-0.05, 0) is 44.6 Å². The summed E-state index contributed by atoms with van der Waals surface area (Å²) in [5.41, 5.74) is 2.75. The number of thioether (sulfide) groups is 1. The van der Waals surface area contributed by atoms with Crippen molar-refractivity contribution in [2.24, 2.45) is 0 Å². The summed E-state index contributed by atoms with van der Waals surface area (Å²) in [6.07, 6.45) is 4.79. The van der Waals surface area contributed by atoms with Crippen molar-refractivity contribution in [1.82, 2.24) is 5.32 Å². The van der Waals surface area contributed by atoms with Crippen LogP contribution in [-0.2, 0) is 0 Å². The Labute approximate surface area is 126 Å². The maximum atomic E-state index is 6.46. The molecule has 0 saturated carbocycles. The molecule has 2 atom stereocenters. The predicted octanol–water partition coefficient (Wildman–Crippen LogP) is 4.08. The Balaban J connectivity index is 1.90. The zero-order valence-electron chi connectivity index (χ0n) is 12.6. The number of ether oxygens (including phenoxy) is 1. The number of fused-ring (bicyclic) bond motifs is 1. The number of hydrogen-bond acceptors (Lipinski definition) is 3. The topological polar surface area (TPSA) is 21.3 Å². The third kappa shape index (κ3) is 2.84. The highest BCUT2D eigenvalue weighted by molar-refractivity contribution is 7.99. The minimum atomic E-state index is 0.0661. The fraction of sp³-hybridized carbons (Fsp3) is 0.647. The Morgan fingerprint density at radius 2 is 2.35 bits per heavy atom. The fourth-order valence-electron chi connectivity index (χ4n) is 3.36. The Hall–Kier alpha value is -0.670. The van der Waals surface area contributed by atoms with Gasteiger partial charge in [-0.3, -0.25) is 0 Å². The van der Waals surface area contributed by atoms with Gasteiger partial charge < -0.3 is 10.1 Å². The van der Waals surface area contributed by atoms with E-state index in [1.165, 1.54) is 36.1 Å². The summed E-state index contributed by atoms with van der Waals surface area (Å²) in [6, 6.07) is 7.10. The standard InChI is InChI=1S/C17H25NOS/c1-3-8-18-15-11-17(7-4-9-20-12-17)19-16-6-5-13(2)10-14(15)16/h5-6,10,15,18H,3-4,7-9,11-12H2,1-2H3. The van der Waals surface area contributed by atoms with Crippen molar-refractivity contribution >= 4 is 11.8 Å². The van der Waals surface area contributed by atoms with Crippen molar-refractivity contribution in [2.75, 3.05) is 18.1 Å². The van der Waals surface area contributed by atoms with Crippen LogP contribution in [0.3, 0.4) is 0 Å². The molecule has 1 N–H and O–H groups in total. The van der Waals surface area contributed by atoms with Crippen LogP contribution in [0.2, 0.25) is 0 Å². The first-order valence-corrected chi connectivity index (χ1v) is 8.99. The molecular weight excluding hydrogens is 266 g/mol. The maximum absolute atomic E-state index is 6.46.